The van der Waals surface area contributed by atoms with E-state index in [0.29, 0.717) is 22.3 Å². The van der Waals surface area contributed by atoms with Crippen LogP contribution in [0.15, 0.2) is 36.5 Å². The Morgan fingerprint density at radius 1 is 1.17 bits per heavy atom. The van der Waals surface area contributed by atoms with Crippen LogP contribution >= 0.6 is 0 Å². The summed E-state index contributed by atoms with van der Waals surface area (Å²) < 4.78 is 7.07. The second-order valence-corrected chi connectivity index (χ2v) is 7.66. The molecule has 0 aliphatic carbocycles. The molecule has 0 fully saturated rings. The number of benzene rings is 1. The van der Waals surface area contributed by atoms with E-state index in [1.54, 1.807) is 23.0 Å². The van der Waals surface area contributed by atoms with E-state index in [0.717, 1.165) is 11.3 Å². The van der Waals surface area contributed by atoms with Crippen molar-refractivity contribution in [2.45, 2.75) is 46.6 Å². The van der Waals surface area contributed by atoms with Crippen molar-refractivity contribution in [2.75, 3.05) is 11.9 Å². The minimum absolute atomic E-state index is 0.103. The van der Waals surface area contributed by atoms with Gasteiger partial charge in [0.1, 0.15) is 0 Å². The predicted molar refractivity (Wildman–Crippen MR) is 112 cm³/mol. The van der Waals surface area contributed by atoms with Crippen molar-refractivity contribution >= 4 is 28.6 Å². The number of rotatable bonds is 6. The molecule has 2 aromatic heterocycles. The van der Waals surface area contributed by atoms with Crippen LogP contribution in [-0.4, -0.2) is 33.2 Å². The van der Waals surface area contributed by atoms with E-state index in [2.05, 4.69) is 15.4 Å². The molecule has 0 saturated carbocycles. The standard InChI is InChI=1S/C22H26N4O3/c1-13(2)19-10-17(18-11-23-26(14(3)4)21(18)25-19)22(28)29-12-20(27)24-16-8-6-7-15(5)9-16/h6-11,13-14H,12H2,1-5H3,(H,24,27). The van der Waals surface area contributed by atoms with E-state index in [-0.39, 0.29) is 18.6 Å². The maximum Gasteiger partial charge on any atom is 0.339 e. The van der Waals surface area contributed by atoms with E-state index in [1.807, 2.05) is 52.8 Å². The van der Waals surface area contributed by atoms with E-state index < -0.39 is 11.9 Å². The summed E-state index contributed by atoms with van der Waals surface area (Å²) >= 11 is 0. The highest BCUT2D eigenvalue weighted by Gasteiger charge is 2.20. The van der Waals surface area contributed by atoms with E-state index >= 15 is 0 Å². The number of nitrogens with one attached hydrogen (secondary N) is 1. The minimum Gasteiger partial charge on any atom is -0.452 e. The lowest BCUT2D eigenvalue weighted by Crippen LogP contribution is -2.21. The van der Waals surface area contributed by atoms with Crippen molar-refractivity contribution in [2.24, 2.45) is 0 Å². The third kappa shape index (κ3) is 4.62. The van der Waals surface area contributed by atoms with Crippen LogP contribution in [0.2, 0.25) is 0 Å². The molecule has 3 aromatic rings. The van der Waals surface area contributed by atoms with Crippen molar-refractivity contribution in [3.8, 4) is 0 Å². The summed E-state index contributed by atoms with van der Waals surface area (Å²) in [5, 5.41) is 7.71. The average molecular weight is 394 g/mol. The SMILES string of the molecule is Cc1cccc(NC(=O)COC(=O)c2cc(C(C)C)nc3c2cnn3C(C)C)c1. The van der Waals surface area contributed by atoms with Gasteiger partial charge in [-0.05, 0) is 50.5 Å². The summed E-state index contributed by atoms with van der Waals surface area (Å²) in [6.07, 6.45) is 1.62. The van der Waals surface area contributed by atoms with Crippen LogP contribution < -0.4 is 5.32 Å². The molecule has 1 aromatic carbocycles. The summed E-state index contributed by atoms with van der Waals surface area (Å²) in [5.74, 6) is -0.829. The van der Waals surface area contributed by atoms with Crippen molar-refractivity contribution in [1.29, 1.82) is 0 Å². The van der Waals surface area contributed by atoms with Gasteiger partial charge in [0.05, 0.1) is 17.1 Å². The summed E-state index contributed by atoms with van der Waals surface area (Å²) in [4.78, 5) is 29.6. The van der Waals surface area contributed by atoms with Gasteiger partial charge in [0.15, 0.2) is 12.3 Å². The molecular formula is C22H26N4O3. The normalized spacial score (nSPS) is 11.3. The number of aromatic nitrogens is 3. The second-order valence-electron chi connectivity index (χ2n) is 7.66. The molecule has 0 unspecified atom stereocenters. The first-order valence-electron chi connectivity index (χ1n) is 9.68. The van der Waals surface area contributed by atoms with Crippen LogP contribution in [0.3, 0.4) is 0 Å². The largest absolute Gasteiger partial charge is 0.452 e. The maximum absolute atomic E-state index is 12.8. The second kappa shape index (κ2) is 8.43. The molecule has 7 nitrogen and oxygen atoms in total. The van der Waals surface area contributed by atoms with Crippen molar-refractivity contribution in [1.82, 2.24) is 14.8 Å². The summed E-state index contributed by atoms with van der Waals surface area (Å²) in [7, 11) is 0. The molecule has 1 N–H and O–H groups in total. The molecule has 3 rings (SSSR count). The third-order valence-electron chi connectivity index (χ3n) is 4.52. The van der Waals surface area contributed by atoms with Gasteiger partial charge < -0.3 is 10.1 Å². The molecule has 152 valence electrons. The lowest BCUT2D eigenvalue weighted by molar-refractivity contribution is -0.119. The van der Waals surface area contributed by atoms with Crippen LogP contribution in [0.25, 0.3) is 11.0 Å². The van der Waals surface area contributed by atoms with Gasteiger partial charge in [-0.15, -0.1) is 0 Å². The molecule has 1 amide bonds. The number of ether oxygens (including phenoxy) is 1. The van der Waals surface area contributed by atoms with Gasteiger partial charge in [0, 0.05) is 17.4 Å². The molecule has 7 heteroatoms. The van der Waals surface area contributed by atoms with Gasteiger partial charge in [-0.3, -0.25) is 4.79 Å². The molecule has 0 atom stereocenters. The van der Waals surface area contributed by atoms with Gasteiger partial charge in [-0.25, -0.2) is 14.5 Å². The summed E-state index contributed by atoms with van der Waals surface area (Å²) in [5.41, 5.74) is 3.48. The highest BCUT2D eigenvalue weighted by molar-refractivity contribution is 6.03. The Kier molecular flexibility index (Phi) is 5.96. The van der Waals surface area contributed by atoms with E-state index in [9.17, 15) is 9.59 Å². The van der Waals surface area contributed by atoms with Crippen LogP contribution in [0.4, 0.5) is 5.69 Å². The Morgan fingerprint density at radius 3 is 2.59 bits per heavy atom. The Morgan fingerprint density at radius 2 is 1.93 bits per heavy atom. The first-order valence-corrected chi connectivity index (χ1v) is 9.68. The van der Waals surface area contributed by atoms with Crippen molar-refractivity contribution < 1.29 is 14.3 Å². The number of hydrogen-bond donors (Lipinski definition) is 1. The van der Waals surface area contributed by atoms with Gasteiger partial charge in [0.2, 0.25) is 0 Å². The number of nitrogens with zero attached hydrogens (tertiary/aromatic N) is 3. The zero-order valence-electron chi connectivity index (χ0n) is 17.4. The van der Waals surface area contributed by atoms with Gasteiger partial charge in [-0.1, -0.05) is 26.0 Å². The fourth-order valence-corrected chi connectivity index (χ4v) is 3.01. The number of anilines is 1. The average Bonchev–Trinajstić information content (AvgIpc) is 3.09. The van der Waals surface area contributed by atoms with Crippen molar-refractivity contribution in [3.05, 3.63) is 53.3 Å². The maximum atomic E-state index is 12.8. The van der Waals surface area contributed by atoms with Crippen LogP contribution in [0.1, 0.15) is 61.3 Å². The quantitative estimate of drug-likeness (QED) is 0.632. The number of esters is 1. The zero-order chi connectivity index (χ0) is 21.1. The first-order chi connectivity index (χ1) is 13.8. The van der Waals surface area contributed by atoms with E-state index in [1.165, 1.54) is 0 Å². The number of carbonyl (C=O) groups excluding carboxylic acids is 2. The third-order valence-corrected chi connectivity index (χ3v) is 4.52. The topological polar surface area (TPSA) is 86.1 Å². The molecule has 0 radical (unpaired) electrons. The number of hydrogen-bond acceptors (Lipinski definition) is 5. The first kappa shape index (κ1) is 20.5. The Bertz CT molecular complexity index is 1050. The van der Waals surface area contributed by atoms with Gasteiger partial charge in [-0.2, -0.15) is 5.10 Å². The molecule has 0 saturated heterocycles. The summed E-state index contributed by atoms with van der Waals surface area (Å²) in [6.45, 7) is 9.59. The van der Waals surface area contributed by atoms with Crippen LogP contribution in [-0.2, 0) is 9.53 Å². The van der Waals surface area contributed by atoms with E-state index in [4.69, 9.17) is 4.74 Å². The number of amides is 1. The molecule has 0 aliphatic heterocycles. The number of fused-ring (bicyclic) bond motifs is 1. The molecular weight excluding hydrogens is 368 g/mol. The molecule has 29 heavy (non-hydrogen) atoms. The number of carbonyl (C=O) groups is 2. The number of aryl methyl sites for hydroxylation is 1. The molecule has 2 heterocycles. The zero-order valence-corrected chi connectivity index (χ0v) is 17.4. The monoisotopic (exact) mass is 394 g/mol. The fraction of sp³-hybridized carbons (Fsp3) is 0.364. The number of pyridine rings is 1. The Balaban J connectivity index is 1.80. The highest BCUT2D eigenvalue weighted by Crippen LogP contribution is 2.25. The fourth-order valence-electron chi connectivity index (χ4n) is 3.01. The summed E-state index contributed by atoms with van der Waals surface area (Å²) in [6, 6.07) is 9.25. The lowest BCUT2D eigenvalue weighted by atomic mass is 10.1. The van der Waals surface area contributed by atoms with Gasteiger partial charge in [0.25, 0.3) is 5.91 Å². The molecule has 0 aliphatic rings. The Hall–Kier alpha value is -3.22. The lowest BCUT2D eigenvalue weighted by Gasteiger charge is -2.12. The highest BCUT2D eigenvalue weighted by atomic mass is 16.5. The van der Waals surface area contributed by atoms with Crippen molar-refractivity contribution in [3.63, 3.8) is 0 Å². The Labute approximate surface area is 170 Å². The van der Waals surface area contributed by atoms with Gasteiger partial charge >= 0.3 is 5.97 Å². The van der Waals surface area contributed by atoms with Crippen LogP contribution in [0.5, 0.6) is 0 Å². The molecule has 0 bridgehead atoms. The minimum atomic E-state index is -0.568. The van der Waals surface area contributed by atoms with Crippen LogP contribution in [0, 0.1) is 6.92 Å². The predicted octanol–water partition coefficient (Wildman–Crippen LogP) is 4.24. The molecule has 0 spiro atoms. The smallest absolute Gasteiger partial charge is 0.339 e.